The molecule has 19 heavy (non-hydrogen) atoms. The zero-order chi connectivity index (χ0) is 14.3. The highest BCUT2D eigenvalue weighted by atomic mass is 16.5. The summed E-state index contributed by atoms with van der Waals surface area (Å²) < 4.78 is 5.40. The predicted octanol–water partition coefficient (Wildman–Crippen LogP) is -0.110. The largest absolute Gasteiger partial charge is 0.480 e. The van der Waals surface area contributed by atoms with Crippen LogP contribution in [0.15, 0.2) is 0 Å². The van der Waals surface area contributed by atoms with Gasteiger partial charge in [-0.15, -0.1) is 0 Å². The molecule has 7 heteroatoms. The Morgan fingerprint density at radius 1 is 1.47 bits per heavy atom. The number of ether oxygens (including phenoxy) is 1. The summed E-state index contributed by atoms with van der Waals surface area (Å²) in [7, 11) is 1.58. The molecule has 7 nitrogen and oxygen atoms in total. The fourth-order valence-electron chi connectivity index (χ4n) is 1.48. The minimum absolute atomic E-state index is 0.00685. The Labute approximate surface area is 112 Å². The van der Waals surface area contributed by atoms with Crippen LogP contribution in [0.5, 0.6) is 0 Å². The van der Waals surface area contributed by atoms with Crippen molar-refractivity contribution in [2.24, 2.45) is 5.92 Å². The fraction of sp³-hybridized carbons (Fsp3) is 0.833. The summed E-state index contributed by atoms with van der Waals surface area (Å²) in [4.78, 5) is 23.9. The number of carbonyl (C=O) groups excluding carboxylic acids is 1. The first-order valence-corrected chi connectivity index (χ1v) is 6.47. The Balaban J connectivity index is 2.19. The van der Waals surface area contributed by atoms with Crippen LogP contribution in [-0.4, -0.2) is 66.6 Å². The molecule has 0 heterocycles. The summed E-state index contributed by atoms with van der Waals surface area (Å²) in [6.45, 7) is 1.30. The number of aliphatic hydroxyl groups excluding tert-OH is 1. The second kappa shape index (κ2) is 7.96. The molecule has 1 atom stereocenters. The lowest BCUT2D eigenvalue weighted by Crippen LogP contribution is -2.47. The minimum atomic E-state index is -1.15. The maximum atomic E-state index is 11.7. The zero-order valence-electron chi connectivity index (χ0n) is 11.2. The van der Waals surface area contributed by atoms with E-state index in [1.165, 1.54) is 17.7 Å². The van der Waals surface area contributed by atoms with Crippen molar-refractivity contribution in [2.45, 2.75) is 25.3 Å². The molecule has 0 aromatic heterocycles. The lowest BCUT2D eigenvalue weighted by Gasteiger charge is -2.21. The molecule has 1 aliphatic rings. The van der Waals surface area contributed by atoms with Gasteiger partial charge in [-0.3, -0.25) is 0 Å². The van der Waals surface area contributed by atoms with E-state index >= 15 is 0 Å². The molecule has 0 radical (unpaired) electrons. The van der Waals surface area contributed by atoms with Gasteiger partial charge in [-0.05, 0) is 18.8 Å². The van der Waals surface area contributed by atoms with Gasteiger partial charge in [0.15, 0.2) is 0 Å². The van der Waals surface area contributed by atoms with Gasteiger partial charge in [0.25, 0.3) is 0 Å². The van der Waals surface area contributed by atoms with Gasteiger partial charge in [0.05, 0.1) is 6.61 Å². The standard InChI is InChI=1S/C12H22N2O5/c1-14(5-7-19-8-9-2-3-9)12(18)13-10(4-6-15)11(16)17/h9-10,15H,2-8H2,1H3,(H,13,18)(H,16,17)/t10-/m0/s1. The van der Waals surface area contributed by atoms with Gasteiger partial charge in [-0.1, -0.05) is 0 Å². The third-order valence-corrected chi connectivity index (χ3v) is 2.98. The number of hydrogen-bond donors (Lipinski definition) is 3. The molecule has 0 aromatic carbocycles. The first-order chi connectivity index (χ1) is 9.04. The molecule has 1 saturated carbocycles. The molecule has 1 rings (SSSR count). The van der Waals surface area contributed by atoms with Crippen molar-refractivity contribution >= 4 is 12.0 Å². The first-order valence-electron chi connectivity index (χ1n) is 6.47. The van der Waals surface area contributed by atoms with Crippen LogP contribution in [0.4, 0.5) is 4.79 Å². The number of nitrogens with one attached hydrogen (secondary N) is 1. The van der Waals surface area contributed by atoms with Gasteiger partial charge in [-0.2, -0.15) is 0 Å². The van der Waals surface area contributed by atoms with Crippen LogP contribution < -0.4 is 5.32 Å². The van der Waals surface area contributed by atoms with E-state index in [-0.39, 0.29) is 13.0 Å². The van der Waals surface area contributed by atoms with Gasteiger partial charge in [-0.25, -0.2) is 9.59 Å². The van der Waals surface area contributed by atoms with Crippen LogP contribution in [0, 0.1) is 5.92 Å². The number of nitrogens with zero attached hydrogens (tertiary/aromatic N) is 1. The van der Waals surface area contributed by atoms with E-state index in [1.54, 1.807) is 7.05 Å². The number of hydrogen-bond acceptors (Lipinski definition) is 4. The number of carbonyl (C=O) groups is 2. The Morgan fingerprint density at radius 3 is 2.68 bits per heavy atom. The lowest BCUT2D eigenvalue weighted by atomic mass is 10.2. The second-order valence-corrected chi connectivity index (χ2v) is 4.79. The number of urea groups is 1. The van der Waals surface area contributed by atoms with Crippen LogP contribution in [-0.2, 0) is 9.53 Å². The number of likely N-dealkylation sites (N-methyl/N-ethyl adjacent to an activating group) is 1. The van der Waals surface area contributed by atoms with Crippen LogP contribution in [0.1, 0.15) is 19.3 Å². The van der Waals surface area contributed by atoms with Crippen LogP contribution in [0.2, 0.25) is 0 Å². The average molecular weight is 274 g/mol. The van der Waals surface area contributed by atoms with E-state index in [0.29, 0.717) is 19.1 Å². The van der Waals surface area contributed by atoms with Gasteiger partial charge < -0.3 is 25.2 Å². The smallest absolute Gasteiger partial charge is 0.326 e. The second-order valence-electron chi connectivity index (χ2n) is 4.79. The van der Waals surface area contributed by atoms with Crippen molar-refractivity contribution < 1.29 is 24.5 Å². The van der Waals surface area contributed by atoms with E-state index in [2.05, 4.69) is 5.32 Å². The maximum absolute atomic E-state index is 11.7. The quantitative estimate of drug-likeness (QED) is 0.509. The lowest BCUT2D eigenvalue weighted by molar-refractivity contribution is -0.139. The molecule has 0 aromatic rings. The van der Waals surface area contributed by atoms with Crippen molar-refractivity contribution in [2.75, 3.05) is 33.4 Å². The number of amides is 2. The number of aliphatic hydroxyl groups is 1. The van der Waals surface area contributed by atoms with Gasteiger partial charge in [0.1, 0.15) is 6.04 Å². The van der Waals surface area contributed by atoms with E-state index in [0.717, 1.165) is 6.61 Å². The van der Waals surface area contributed by atoms with Crippen molar-refractivity contribution in [3.05, 3.63) is 0 Å². The minimum Gasteiger partial charge on any atom is -0.480 e. The fourth-order valence-corrected chi connectivity index (χ4v) is 1.48. The van der Waals surface area contributed by atoms with Gasteiger partial charge >= 0.3 is 12.0 Å². The third-order valence-electron chi connectivity index (χ3n) is 2.98. The molecular weight excluding hydrogens is 252 g/mol. The number of carboxylic acids is 1. The summed E-state index contributed by atoms with van der Waals surface area (Å²) in [6.07, 6.45) is 2.43. The summed E-state index contributed by atoms with van der Waals surface area (Å²) in [5.41, 5.74) is 0. The van der Waals surface area contributed by atoms with E-state index in [9.17, 15) is 9.59 Å². The molecular formula is C12H22N2O5. The summed E-state index contributed by atoms with van der Waals surface area (Å²) in [5.74, 6) is -0.471. The first kappa shape index (κ1) is 15.7. The molecule has 110 valence electrons. The number of aliphatic carboxylic acids is 1. The number of rotatable bonds is 9. The van der Waals surface area contributed by atoms with Gasteiger partial charge in [0.2, 0.25) is 0 Å². The zero-order valence-corrected chi connectivity index (χ0v) is 11.2. The molecule has 3 N–H and O–H groups in total. The van der Waals surface area contributed by atoms with Crippen molar-refractivity contribution in [3.63, 3.8) is 0 Å². The molecule has 0 spiro atoms. The number of carboxylic acid groups (broad SMARTS) is 1. The van der Waals surface area contributed by atoms with Crippen LogP contribution in [0.25, 0.3) is 0 Å². The topological polar surface area (TPSA) is 99.1 Å². The normalized spacial score (nSPS) is 15.9. The molecule has 2 amide bonds. The summed E-state index contributed by atoms with van der Waals surface area (Å²) >= 11 is 0. The van der Waals surface area contributed by atoms with Gasteiger partial charge in [0, 0.05) is 33.2 Å². The molecule has 0 unspecified atom stereocenters. The predicted molar refractivity (Wildman–Crippen MR) is 67.8 cm³/mol. The maximum Gasteiger partial charge on any atom is 0.326 e. The van der Waals surface area contributed by atoms with E-state index in [1.807, 2.05) is 0 Å². The van der Waals surface area contributed by atoms with Crippen molar-refractivity contribution in [3.8, 4) is 0 Å². The van der Waals surface area contributed by atoms with Crippen LogP contribution in [0.3, 0.4) is 0 Å². The Kier molecular flexibility index (Phi) is 6.58. The molecule has 1 aliphatic carbocycles. The molecule has 0 bridgehead atoms. The highest BCUT2D eigenvalue weighted by Gasteiger charge is 2.22. The summed E-state index contributed by atoms with van der Waals surface area (Å²) in [5, 5.41) is 19.9. The monoisotopic (exact) mass is 274 g/mol. The van der Waals surface area contributed by atoms with Crippen LogP contribution >= 0.6 is 0 Å². The van der Waals surface area contributed by atoms with Crippen molar-refractivity contribution in [1.82, 2.24) is 10.2 Å². The summed E-state index contributed by atoms with van der Waals surface area (Å²) in [6, 6.07) is -1.54. The molecule has 0 aliphatic heterocycles. The molecule has 1 fully saturated rings. The van der Waals surface area contributed by atoms with Crippen molar-refractivity contribution in [1.29, 1.82) is 0 Å². The van der Waals surface area contributed by atoms with E-state index < -0.39 is 18.0 Å². The molecule has 0 saturated heterocycles. The Bertz CT molecular complexity index is 306. The Hall–Kier alpha value is -1.34. The van der Waals surface area contributed by atoms with E-state index in [4.69, 9.17) is 14.9 Å². The highest BCUT2D eigenvalue weighted by Crippen LogP contribution is 2.28. The SMILES string of the molecule is CN(CCOCC1CC1)C(=O)N[C@@H](CCO)C(=O)O. The average Bonchev–Trinajstić information content (AvgIpc) is 3.17. The highest BCUT2D eigenvalue weighted by molar-refractivity contribution is 5.82. The Morgan fingerprint density at radius 2 is 2.16 bits per heavy atom. The third kappa shape index (κ3) is 6.40.